The van der Waals surface area contributed by atoms with Crippen molar-refractivity contribution >= 4 is 5.91 Å². The fourth-order valence-electron chi connectivity index (χ4n) is 2.00. The first-order valence-corrected chi connectivity index (χ1v) is 5.75. The van der Waals surface area contributed by atoms with Crippen LogP contribution < -0.4 is 5.32 Å². The van der Waals surface area contributed by atoms with E-state index in [0.717, 1.165) is 12.8 Å². The van der Waals surface area contributed by atoms with Crippen LogP contribution in [-0.4, -0.2) is 28.1 Å². The highest BCUT2D eigenvalue weighted by molar-refractivity contribution is 5.94. The highest BCUT2D eigenvalue weighted by atomic mass is 19.1. The summed E-state index contributed by atoms with van der Waals surface area (Å²) in [5.74, 6) is -0.832. The molecule has 1 aliphatic rings. The molecule has 1 aliphatic carbocycles. The van der Waals surface area contributed by atoms with E-state index in [1.54, 1.807) is 0 Å². The van der Waals surface area contributed by atoms with Crippen LogP contribution in [0.3, 0.4) is 0 Å². The van der Waals surface area contributed by atoms with E-state index >= 15 is 0 Å². The van der Waals surface area contributed by atoms with Crippen LogP contribution in [0.5, 0.6) is 0 Å². The molecule has 1 heterocycles. The molecule has 1 aromatic rings. The van der Waals surface area contributed by atoms with E-state index in [2.05, 4.69) is 10.3 Å². The molecule has 0 atom stereocenters. The third kappa shape index (κ3) is 3.23. The number of hydrogen-bond donors (Lipinski definition) is 2. The summed E-state index contributed by atoms with van der Waals surface area (Å²) in [5, 5.41) is 12.2. The van der Waals surface area contributed by atoms with Crippen molar-refractivity contribution in [2.75, 3.05) is 0 Å². The minimum atomic E-state index is -0.595. The topological polar surface area (TPSA) is 62.2 Å². The van der Waals surface area contributed by atoms with Gasteiger partial charge >= 0.3 is 0 Å². The Morgan fingerprint density at radius 1 is 1.35 bits per heavy atom. The summed E-state index contributed by atoms with van der Waals surface area (Å²) in [4.78, 5) is 15.2. The molecule has 17 heavy (non-hydrogen) atoms. The summed E-state index contributed by atoms with van der Waals surface area (Å²) in [6.07, 6.45) is 3.97. The van der Waals surface area contributed by atoms with Gasteiger partial charge in [-0.3, -0.25) is 4.79 Å². The van der Waals surface area contributed by atoms with E-state index in [4.69, 9.17) is 0 Å². The molecular formula is C12H15FN2O2. The van der Waals surface area contributed by atoms with Crippen molar-refractivity contribution < 1.29 is 14.3 Å². The molecule has 1 amide bonds. The summed E-state index contributed by atoms with van der Waals surface area (Å²) >= 11 is 0. The van der Waals surface area contributed by atoms with Crippen LogP contribution in [0.2, 0.25) is 0 Å². The number of aliphatic hydroxyl groups is 1. The number of amides is 1. The lowest BCUT2D eigenvalue weighted by atomic mass is 9.93. The SMILES string of the molecule is O=C(NC1CCC(O)CC1)c1ccc(F)nc1. The quantitative estimate of drug-likeness (QED) is 0.762. The van der Waals surface area contributed by atoms with E-state index in [0.29, 0.717) is 18.4 Å². The van der Waals surface area contributed by atoms with Gasteiger partial charge in [-0.25, -0.2) is 4.98 Å². The molecule has 0 bridgehead atoms. The first kappa shape index (κ1) is 12.0. The van der Waals surface area contributed by atoms with Crippen LogP contribution in [0.4, 0.5) is 4.39 Å². The van der Waals surface area contributed by atoms with Crippen molar-refractivity contribution in [2.24, 2.45) is 0 Å². The molecule has 0 aliphatic heterocycles. The molecule has 0 aromatic carbocycles. The fraction of sp³-hybridized carbons (Fsp3) is 0.500. The van der Waals surface area contributed by atoms with Crippen molar-refractivity contribution in [3.8, 4) is 0 Å². The second kappa shape index (κ2) is 5.23. The van der Waals surface area contributed by atoms with Gasteiger partial charge < -0.3 is 10.4 Å². The average Bonchev–Trinajstić information content (AvgIpc) is 2.33. The Labute approximate surface area is 98.9 Å². The van der Waals surface area contributed by atoms with Crippen LogP contribution in [0.1, 0.15) is 36.0 Å². The van der Waals surface area contributed by atoms with Gasteiger partial charge in [0.2, 0.25) is 5.95 Å². The Morgan fingerprint density at radius 3 is 2.65 bits per heavy atom. The van der Waals surface area contributed by atoms with Gasteiger partial charge in [0.25, 0.3) is 5.91 Å². The monoisotopic (exact) mass is 238 g/mol. The maximum Gasteiger partial charge on any atom is 0.253 e. The van der Waals surface area contributed by atoms with Gasteiger partial charge in [-0.2, -0.15) is 4.39 Å². The Morgan fingerprint density at radius 2 is 2.06 bits per heavy atom. The van der Waals surface area contributed by atoms with Gasteiger partial charge in [0.05, 0.1) is 11.7 Å². The lowest BCUT2D eigenvalue weighted by Gasteiger charge is -2.26. The van der Waals surface area contributed by atoms with Gasteiger partial charge in [-0.1, -0.05) is 0 Å². The zero-order chi connectivity index (χ0) is 12.3. The maximum atomic E-state index is 12.6. The number of aromatic nitrogens is 1. The second-order valence-corrected chi connectivity index (χ2v) is 4.35. The van der Waals surface area contributed by atoms with Crippen molar-refractivity contribution in [1.29, 1.82) is 0 Å². The van der Waals surface area contributed by atoms with E-state index in [-0.39, 0.29) is 18.1 Å². The Hall–Kier alpha value is -1.49. The second-order valence-electron chi connectivity index (χ2n) is 4.35. The van der Waals surface area contributed by atoms with E-state index < -0.39 is 5.95 Å². The van der Waals surface area contributed by atoms with Crippen molar-refractivity contribution in [2.45, 2.75) is 37.8 Å². The number of pyridine rings is 1. The molecule has 4 nitrogen and oxygen atoms in total. The Balaban J connectivity index is 1.91. The number of aliphatic hydroxyl groups excluding tert-OH is 1. The predicted molar refractivity (Wildman–Crippen MR) is 59.9 cm³/mol. The predicted octanol–water partition coefficient (Wildman–Crippen LogP) is 1.25. The lowest BCUT2D eigenvalue weighted by molar-refractivity contribution is 0.0867. The highest BCUT2D eigenvalue weighted by Gasteiger charge is 2.21. The van der Waals surface area contributed by atoms with Gasteiger partial charge in [0, 0.05) is 12.2 Å². The molecule has 92 valence electrons. The zero-order valence-electron chi connectivity index (χ0n) is 9.40. The van der Waals surface area contributed by atoms with Crippen LogP contribution in [0.15, 0.2) is 18.3 Å². The van der Waals surface area contributed by atoms with Crippen LogP contribution in [-0.2, 0) is 0 Å². The molecule has 0 saturated heterocycles. The van der Waals surface area contributed by atoms with Gasteiger partial charge in [0.15, 0.2) is 0 Å². The molecule has 2 N–H and O–H groups in total. The minimum Gasteiger partial charge on any atom is -0.393 e. The first-order chi connectivity index (χ1) is 8.15. The molecule has 5 heteroatoms. The summed E-state index contributed by atoms with van der Waals surface area (Å²) in [5.41, 5.74) is 0.359. The molecule has 1 aromatic heterocycles. The average molecular weight is 238 g/mol. The zero-order valence-corrected chi connectivity index (χ0v) is 9.40. The number of nitrogens with zero attached hydrogens (tertiary/aromatic N) is 1. The number of hydrogen-bond acceptors (Lipinski definition) is 3. The summed E-state index contributed by atoms with van der Waals surface area (Å²) in [6, 6.07) is 2.67. The largest absolute Gasteiger partial charge is 0.393 e. The number of rotatable bonds is 2. The molecular weight excluding hydrogens is 223 g/mol. The van der Waals surface area contributed by atoms with E-state index in [1.807, 2.05) is 0 Å². The summed E-state index contributed by atoms with van der Waals surface area (Å²) in [7, 11) is 0. The van der Waals surface area contributed by atoms with Gasteiger partial charge in [-0.15, -0.1) is 0 Å². The molecule has 0 radical (unpaired) electrons. The van der Waals surface area contributed by atoms with Crippen LogP contribution in [0.25, 0.3) is 0 Å². The molecule has 1 fully saturated rings. The van der Waals surface area contributed by atoms with Crippen LogP contribution in [0, 0.1) is 5.95 Å². The van der Waals surface area contributed by atoms with E-state index in [9.17, 15) is 14.3 Å². The maximum absolute atomic E-state index is 12.6. The third-order valence-corrected chi connectivity index (χ3v) is 3.02. The van der Waals surface area contributed by atoms with Crippen molar-refractivity contribution in [3.05, 3.63) is 29.8 Å². The molecule has 0 spiro atoms. The number of carbonyl (C=O) groups is 1. The number of halogens is 1. The van der Waals surface area contributed by atoms with Gasteiger partial charge in [0.1, 0.15) is 0 Å². The first-order valence-electron chi connectivity index (χ1n) is 5.75. The minimum absolute atomic E-state index is 0.0935. The Kier molecular flexibility index (Phi) is 3.68. The molecule has 0 unspecified atom stereocenters. The van der Waals surface area contributed by atoms with Crippen molar-refractivity contribution in [3.63, 3.8) is 0 Å². The molecule has 1 saturated carbocycles. The van der Waals surface area contributed by atoms with Crippen molar-refractivity contribution in [1.82, 2.24) is 10.3 Å². The lowest BCUT2D eigenvalue weighted by Crippen LogP contribution is -2.38. The van der Waals surface area contributed by atoms with Crippen LogP contribution >= 0.6 is 0 Å². The number of carbonyl (C=O) groups excluding carboxylic acids is 1. The summed E-state index contributed by atoms with van der Waals surface area (Å²) in [6.45, 7) is 0. The fourth-order valence-corrected chi connectivity index (χ4v) is 2.00. The number of nitrogens with one attached hydrogen (secondary N) is 1. The third-order valence-electron chi connectivity index (χ3n) is 3.02. The Bertz CT molecular complexity index is 386. The standard InChI is InChI=1S/C12H15FN2O2/c13-11-6-1-8(7-14-11)12(17)15-9-2-4-10(16)5-3-9/h1,6-7,9-10,16H,2-5H2,(H,15,17). The smallest absolute Gasteiger partial charge is 0.253 e. The molecule has 2 rings (SSSR count). The highest BCUT2D eigenvalue weighted by Crippen LogP contribution is 2.18. The van der Waals surface area contributed by atoms with Gasteiger partial charge in [-0.05, 0) is 37.8 Å². The summed E-state index contributed by atoms with van der Waals surface area (Å²) < 4.78 is 12.6. The normalized spacial score (nSPS) is 24.4. The van der Waals surface area contributed by atoms with E-state index in [1.165, 1.54) is 18.3 Å².